The molecule has 0 unspecified atom stereocenters. The number of nitrogens with zero attached hydrogens (tertiary/aromatic N) is 1. The Morgan fingerprint density at radius 1 is 1.40 bits per heavy atom. The zero-order chi connectivity index (χ0) is 18.7. The van der Waals surface area contributed by atoms with E-state index in [9.17, 15) is 19.5 Å². The Labute approximate surface area is 157 Å². The second kappa shape index (κ2) is 7.92. The van der Waals surface area contributed by atoms with Crippen molar-refractivity contribution in [2.24, 2.45) is 0 Å². The van der Waals surface area contributed by atoms with Crippen LogP contribution in [0.1, 0.15) is 19.4 Å². The summed E-state index contributed by atoms with van der Waals surface area (Å²) < 4.78 is 10.8. The molecule has 0 atom stereocenters. The third-order valence-corrected chi connectivity index (χ3v) is 4.70. The predicted molar refractivity (Wildman–Crippen MR) is 94.1 cm³/mol. The first-order valence-electron chi connectivity index (χ1n) is 7.21. The van der Waals surface area contributed by atoms with Gasteiger partial charge in [0.15, 0.2) is 11.5 Å². The number of hydrogen-bond donors (Lipinski definition) is 0. The maximum Gasteiger partial charge on any atom is 0.293 e. The molecule has 2 amide bonds. The lowest BCUT2D eigenvalue weighted by molar-refractivity contribution is -0.307. The number of ether oxygens (including phenoxy) is 2. The molecule has 0 saturated carbocycles. The molecule has 7 nitrogen and oxygen atoms in total. The summed E-state index contributed by atoms with van der Waals surface area (Å²) in [6, 6.07) is 3.00. The fourth-order valence-corrected chi connectivity index (χ4v) is 3.71. The molecule has 25 heavy (non-hydrogen) atoms. The number of carboxylic acids is 1. The molecule has 0 aromatic heterocycles. The molecule has 0 N–H and O–H groups in total. The molecule has 1 heterocycles. The highest BCUT2D eigenvalue weighted by atomic mass is 79.9. The fourth-order valence-electron chi connectivity index (χ4n) is 2.17. The molecule has 1 aliphatic rings. The van der Waals surface area contributed by atoms with Gasteiger partial charge in [-0.1, -0.05) is 0 Å². The number of hydrogen-bond acceptors (Lipinski definition) is 7. The van der Waals surface area contributed by atoms with Crippen molar-refractivity contribution in [2.45, 2.75) is 19.9 Å². The molecular weight excluding hydrogens is 414 g/mol. The van der Waals surface area contributed by atoms with Crippen LogP contribution in [-0.2, 0) is 9.59 Å². The van der Waals surface area contributed by atoms with E-state index in [1.165, 1.54) is 12.0 Å². The molecule has 0 spiro atoms. The van der Waals surface area contributed by atoms with Gasteiger partial charge in [0.25, 0.3) is 11.1 Å². The van der Waals surface area contributed by atoms with Crippen LogP contribution in [0.5, 0.6) is 11.5 Å². The molecule has 1 aliphatic heterocycles. The minimum atomic E-state index is -1.36. The number of rotatable bonds is 6. The minimum Gasteiger partial charge on any atom is -0.546 e. The summed E-state index contributed by atoms with van der Waals surface area (Å²) in [5.41, 5.74) is 0.596. The van der Waals surface area contributed by atoms with Crippen LogP contribution in [0.15, 0.2) is 21.5 Å². The summed E-state index contributed by atoms with van der Waals surface area (Å²) in [7, 11) is 1.41. The molecule has 9 heteroatoms. The number of amides is 2. The van der Waals surface area contributed by atoms with Crippen LogP contribution in [-0.4, -0.2) is 41.8 Å². The average Bonchev–Trinajstić information content (AvgIpc) is 2.79. The Morgan fingerprint density at radius 3 is 2.60 bits per heavy atom. The van der Waals surface area contributed by atoms with Gasteiger partial charge in [-0.25, -0.2) is 0 Å². The molecule has 2 rings (SSSR count). The largest absolute Gasteiger partial charge is 0.546 e. The van der Waals surface area contributed by atoms with Crippen molar-refractivity contribution in [3.05, 3.63) is 27.1 Å². The average molecular weight is 429 g/mol. The predicted octanol–water partition coefficient (Wildman–Crippen LogP) is 2.03. The molecular formula is C16H15BrNO6S-. The van der Waals surface area contributed by atoms with Crippen LogP contribution >= 0.6 is 27.7 Å². The van der Waals surface area contributed by atoms with Crippen LogP contribution in [0.3, 0.4) is 0 Å². The van der Waals surface area contributed by atoms with E-state index in [0.29, 0.717) is 14.9 Å². The smallest absolute Gasteiger partial charge is 0.293 e. The van der Waals surface area contributed by atoms with Crippen LogP contribution in [0, 0.1) is 0 Å². The Balaban J connectivity index is 2.35. The lowest BCUT2D eigenvalue weighted by Gasteiger charge is -2.16. The maximum atomic E-state index is 12.3. The highest BCUT2D eigenvalue weighted by Gasteiger charge is 2.36. The van der Waals surface area contributed by atoms with Gasteiger partial charge in [0.05, 0.1) is 22.5 Å². The quantitative estimate of drug-likeness (QED) is 0.639. The number of imide groups is 1. The Kier molecular flexibility index (Phi) is 6.12. The first kappa shape index (κ1) is 19.3. The molecule has 0 aliphatic carbocycles. The number of carboxylic acid groups (broad SMARTS) is 1. The van der Waals surface area contributed by atoms with E-state index in [-0.39, 0.29) is 28.7 Å². The zero-order valence-corrected chi connectivity index (χ0v) is 16.1. The molecule has 1 fully saturated rings. The van der Waals surface area contributed by atoms with Gasteiger partial charge in [-0.3, -0.25) is 14.5 Å². The van der Waals surface area contributed by atoms with Gasteiger partial charge in [-0.2, -0.15) is 0 Å². The van der Waals surface area contributed by atoms with Gasteiger partial charge in [0.2, 0.25) is 0 Å². The highest BCUT2D eigenvalue weighted by molar-refractivity contribution is 9.10. The highest BCUT2D eigenvalue weighted by Crippen LogP contribution is 2.39. The molecule has 1 aromatic carbocycles. The summed E-state index contributed by atoms with van der Waals surface area (Å²) in [6.45, 7) is 2.91. The Hall–Kier alpha value is -2.00. The first-order chi connectivity index (χ1) is 11.7. The van der Waals surface area contributed by atoms with Gasteiger partial charge < -0.3 is 19.4 Å². The monoisotopic (exact) mass is 428 g/mol. The molecule has 1 saturated heterocycles. The minimum absolute atomic E-state index is 0.208. The van der Waals surface area contributed by atoms with Crippen molar-refractivity contribution < 1.29 is 29.0 Å². The third kappa shape index (κ3) is 4.35. The van der Waals surface area contributed by atoms with Gasteiger partial charge in [-0.15, -0.1) is 0 Å². The summed E-state index contributed by atoms with van der Waals surface area (Å²) in [5.74, 6) is -1.22. The lowest BCUT2D eigenvalue weighted by Crippen LogP contribution is -2.34. The normalized spacial score (nSPS) is 16.0. The first-order valence-corrected chi connectivity index (χ1v) is 8.82. The topological polar surface area (TPSA) is 96.0 Å². The SMILES string of the molecule is COc1cc(/C=C2/SC(=O)N(C(C)C)C2=O)cc(Br)c1OCC(=O)[O-]. The van der Waals surface area contributed by atoms with E-state index in [1.54, 1.807) is 32.1 Å². The Morgan fingerprint density at radius 2 is 2.08 bits per heavy atom. The molecule has 134 valence electrons. The number of aliphatic carboxylic acids is 1. The van der Waals surface area contributed by atoms with Crippen LogP contribution in [0.2, 0.25) is 0 Å². The zero-order valence-electron chi connectivity index (χ0n) is 13.7. The lowest BCUT2D eigenvalue weighted by atomic mass is 10.1. The number of benzene rings is 1. The number of carbonyl (C=O) groups excluding carboxylic acids is 3. The van der Waals surface area contributed by atoms with Crippen LogP contribution in [0.25, 0.3) is 6.08 Å². The standard InChI is InChI=1S/C16H16BrNO6S/c1-8(2)18-15(21)12(25-16(18)22)6-9-4-10(17)14(11(5-9)23-3)24-7-13(19)20/h4-6,8H,7H2,1-3H3,(H,19,20)/p-1/b12-6+. The summed E-state index contributed by atoms with van der Waals surface area (Å²) >= 11 is 4.15. The van der Waals surface area contributed by atoms with E-state index >= 15 is 0 Å². The van der Waals surface area contributed by atoms with Crippen molar-refractivity contribution in [3.63, 3.8) is 0 Å². The summed E-state index contributed by atoms with van der Waals surface area (Å²) in [6.07, 6.45) is 1.57. The fraction of sp³-hybridized carbons (Fsp3) is 0.312. The van der Waals surface area contributed by atoms with E-state index in [2.05, 4.69) is 15.9 Å². The second-order valence-electron chi connectivity index (χ2n) is 5.34. The van der Waals surface area contributed by atoms with Gasteiger partial charge >= 0.3 is 0 Å². The van der Waals surface area contributed by atoms with E-state index in [4.69, 9.17) is 9.47 Å². The van der Waals surface area contributed by atoms with Crippen LogP contribution < -0.4 is 14.6 Å². The summed E-state index contributed by atoms with van der Waals surface area (Å²) in [5, 5.41) is 10.2. The van der Waals surface area contributed by atoms with Crippen molar-refractivity contribution in [1.29, 1.82) is 0 Å². The Bertz CT molecular complexity index is 761. The third-order valence-electron chi connectivity index (χ3n) is 3.22. The number of methoxy groups -OCH3 is 1. The van der Waals surface area contributed by atoms with Gasteiger partial charge in [0, 0.05) is 6.04 Å². The van der Waals surface area contributed by atoms with E-state index in [1.807, 2.05) is 0 Å². The van der Waals surface area contributed by atoms with Crippen LogP contribution in [0.4, 0.5) is 4.79 Å². The van der Waals surface area contributed by atoms with Crippen molar-refractivity contribution in [3.8, 4) is 11.5 Å². The van der Waals surface area contributed by atoms with E-state index in [0.717, 1.165) is 11.8 Å². The molecule has 1 aromatic rings. The second-order valence-corrected chi connectivity index (χ2v) is 7.19. The summed E-state index contributed by atoms with van der Waals surface area (Å²) in [4.78, 5) is 36.3. The van der Waals surface area contributed by atoms with Gasteiger partial charge in [-0.05, 0) is 65.3 Å². The number of carbonyl (C=O) groups is 3. The van der Waals surface area contributed by atoms with Gasteiger partial charge in [0.1, 0.15) is 6.61 Å². The number of thioether (sulfide) groups is 1. The van der Waals surface area contributed by atoms with E-state index < -0.39 is 12.6 Å². The van der Waals surface area contributed by atoms with Crippen molar-refractivity contribution >= 4 is 50.9 Å². The molecule has 0 radical (unpaired) electrons. The maximum absolute atomic E-state index is 12.3. The molecule has 0 bridgehead atoms. The number of halogens is 1. The van der Waals surface area contributed by atoms with Crippen molar-refractivity contribution in [1.82, 2.24) is 4.90 Å². The van der Waals surface area contributed by atoms with Crippen molar-refractivity contribution in [2.75, 3.05) is 13.7 Å².